The first-order valence-corrected chi connectivity index (χ1v) is 4.91. The van der Waals surface area contributed by atoms with E-state index >= 15 is 0 Å². The van der Waals surface area contributed by atoms with Gasteiger partial charge in [-0.05, 0) is 18.8 Å². The van der Waals surface area contributed by atoms with Crippen LogP contribution in [0.1, 0.15) is 12.8 Å². The average molecular weight is 187 g/mol. The highest BCUT2D eigenvalue weighted by Crippen LogP contribution is 2.39. The number of β-amino-alcohol motifs (C(OH)–C–C–N with tert-alkyl or cyclic N) is 1. The van der Waals surface area contributed by atoms with Gasteiger partial charge >= 0.3 is 0 Å². The zero-order valence-electron chi connectivity index (χ0n) is 7.63. The van der Waals surface area contributed by atoms with E-state index in [0.717, 1.165) is 6.42 Å². The molecule has 1 heterocycles. The van der Waals surface area contributed by atoms with E-state index in [0.29, 0.717) is 24.9 Å². The second kappa shape index (κ2) is 3.53. The lowest BCUT2D eigenvalue weighted by atomic mass is 10.2. The molecule has 76 valence electrons. The van der Waals surface area contributed by atoms with Crippen molar-refractivity contribution in [1.82, 2.24) is 4.90 Å². The van der Waals surface area contributed by atoms with Crippen LogP contribution in [0.3, 0.4) is 0 Å². The van der Waals surface area contributed by atoms with E-state index in [1.165, 1.54) is 0 Å². The molecule has 1 saturated carbocycles. The molecule has 2 fully saturated rings. The average Bonchev–Trinajstić information content (AvgIpc) is 2.82. The van der Waals surface area contributed by atoms with E-state index in [2.05, 4.69) is 4.90 Å². The van der Waals surface area contributed by atoms with Crippen molar-refractivity contribution < 1.29 is 15.3 Å². The first-order chi connectivity index (χ1) is 6.26. The van der Waals surface area contributed by atoms with Gasteiger partial charge in [0.15, 0.2) is 0 Å². The molecular weight excluding hydrogens is 170 g/mol. The van der Waals surface area contributed by atoms with Crippen LogP contribution in [-0.4, -0.2) is 58.2 Å². The topological polar surface area (TPSA) is 63.9 Å². The molecule has 0 aromatic heterocycles. The minimum atomic E-state index is -0.294. The predicted octanol–water partition coefficient (Wildman–Crippen LogP) is -1.21. The standard InChI is InChI=1S/C9H17NO3/c11-4-6-1-9(6)10-3-8(13)2-7(10)5-12/h6-9,11-13H,1-5H2. The van der Waals surface area contributed by atoms with Gasteiger partial charge in [0.2, 0.25) is 0 Å². The highest BCUT2D eigenvalue weighted by Gasteiger charge is 2.46. The van der Waals surface area contributed by atoms with Crippen LogP contribution in [0.5, 0.6) is 0 Å². The quantitative estimate of drug-likeness (QED) is 0.519. The molecule has 0 aromatic rings. The molecule has 3 N–H and O–H groups in total. The van der Waals surface area contributed by atoms with Crippen molar-refractivity contribution in [1.29, 1.82) is 0 Å². The zero-order valence-corrected chi connectivity index (χ0v) is 7.63. The highest BCUT2D eigenvalue weighted by atomic mass is 16.3. The normalized spacial score (nSPS) is 45.5. The molecule has 1 saturated heterocycles. The maximum absolute atomic E-state index is 9.42. The monoisotopic (exact) mass is 187 g/mol. The summed E-state index contributed by atoms with van der Waals surface area (Å²) in [6.45, 7) is 1.01. The molecule has 13 heavy (non-hydrogen) atoms. The Bertz CT molecular complexity index is 188. The number of hydrogen-bond acceptors (Lipinski definition) is 4. The summed E-state index contributed by atoms with van der Waals surface area (Å²) in [5, 5.41) is 27.4. The lowest BCUT2D eigenvalue weighted by molar-refractivity contribution is 0.136. The fourth-order valence-corrected chi connectivity index (χ4v) is 2.34. The molecule has 0 amide bonds. The SMILES string of the molecule is OCC1CC1N1CC(O)CC1CO. The van der Waals surface area contributed by atoms with Gasteiger partial charge in [0.05, 0.1) is 12.7 Å². The maximum Gasteiger partial charge on any atom is 0.0683 e. The number of rotatable bonds is 3. The lowest BCUT2D eigenvalue weighted by Gasteiger charge is -2.22. The van der Waals surface area contributed by atoms with Crippen LogP contribution in [0.2, 0.25) is 0 Å². The highest BCUT2D eigenvalue weighted by molar-refractivity contribution is 5.00. The molecule has 4 atom stereocenters. The molecule has 0 spiro atoms. The predicted molar refractivity (Wildman–Crippen MR) is 47.2 cm³/mol. The minimum Gasteiger partial charge on any atom is -0.396 e. The molecule has 0 radical (unpaired) electrons. The van der Waals surface area contributed by atoms with Crippen LogP contribution < -0.4 is 0 Å². The summed E-state index contributed by atoms with van der Waals surface area (Å²) in [7, 11) is 0. The van der Waals surface area contributed by atoms with Crippen molar-refractivity contribution in [3.63, 3.8) is 0 Å². The third kappa shape index (κ3) is 1.72. The van der Waals surface area contributed by atoms with Crippen molar-refractivity contribution in [3.8, 4) is 0 Å². The smallest absolute Gasteiger partial charge is 0.0683 e. The molecule has 4 nitrogen and oxygen atoms in total. The molecule has 4 heteroatoms. The molecule has 0 aromatic carbocycles. The molecule has 1 aliphatic heterocycles. The van der Waals surface area contributed by atoms with E-state index in [1.54, 1.807) is 0 Å². The van der Waals surface area contributed by atoms with Gasteiger partial charge in [-0.2, -0.15) is 0 Å². The summed E-state index contributed by atoms with van der Waals surface area (Å²) in [4.78, 5) is 2.14. The van der Waals surface area contributed by atoms with Gasteiger partial charge in [-0.15, -0.1) is 0 Å². The third-order valence-corrected chi connectivity index (χ3v) is 3.19. The van der Waals surface area contributed by atoms with Crippen LogP contribution in [0.4, 0.5) is 0 Å². The van der Waals surface area contributed by atoms with Crippen LogP contribution >= 0.6 is 0 Å². The number of hydrogen-bond donors (Lipinski definition) is 3. The van der Waals surface area contributed by atoms with E-state index in [4.69, 9.17) is 10.2 Å². The van der Waals surface area contributed by atoms with E-state index in [-0.39, 0.29) is 25.4 Å². The number of aliphatic hydroxyl groups is 3. The van der Waals surface area contributed by atoms with Gasteiger partial charge < -0.3 is 15.3 Å². The Kier molecular flexibility index (Phi) is 2.55. The van der Waals surface area contributed by atoms with E-state index in [9.17, 15) is 5.11 Å². The Morgan fingerprint density at radius 1 is 1.15 bits per heavy atom. The Morgan fingerprint density at radius 2 is 1.92 bits per heavy atom. The Labute approximate surface area is 77.8 Å². The van der Waals surface area contributed by atoms with E-state index < -0.39 is 0 Å². The van der Waals surface area contributed by atoms with Crippen LogP contribution in [0, 0.1) is 5.92 Å². The van der Waals surface area contributed by atoms with Crippen molar-refractivity contribution in [2.45, 2.75) is 31.0 Å². The first kappa shape index (κ1) is 9.40. The molecule has 0 bridgehead atoms. The molecule has 2 aliphatic rings. The molecular formula is C9H17NO3. The van der Waals surface area contributed by atoms with Gasteiger partial charge in [0, 0.05) is 25.2 Å². The Balaban J connectivity index is 1.91. The Hall–Kier alpha value is -0.160. The van der Waals surface area contributed by atoms with Gasteiger partial charge in [-0.25, -0.2) is 0 Å². The van der Waals surface area contributed by atoms with Crippen molar-refractivity contribution in [2.24, 2.45) is 5.92 Å². The first-order valence-electron chi connectivity index (χ1n) is 4.91. The fraction of sp³-hybridized carbons (Fsp3) is 1.00. The van der Waals surface area contributed by atoms with Crippen LogP contribution in [0.25, 0.3) is 0 Å². The molecule has 2 rings (SSSR count). The van der Waals surface area contributed by atoms with Gasteiger partial charge in [-0.3, -0.25) is 4.90 Å². The summed E-state index contributed by atoms with van der Waals surface area (Å²) in [6, 6.07) is 0.510. The summed E-state index contributed by atoms with van der Waals surface area (Å²) < 4.78 is 0. The van der Waals surface area contributed by atoms with Gasteiger partial charge in [-0.1, -0.05) is 0 Å². The van der Waals surface area contributed by atoms with E-state index in [1.807, 2.05) is 0 Å². The lowest BCUT2D eigenvalue weighted by Crippen LogP contribution is -2.35. The summed E-state index contributed by atoms with van der Waals surface area (Å²) in [5.74, 6) is 0.374. The fourth-order valence-electron chi connectivity index (χ4n) is 2.34. The summed E-state index contributed by atoms with van der Waals surface area (Å²) >= 11 is 0. The van der Waals surface area contributed by atoms with Crippen molar-refractivity contribution >= 4 is 0 Å². The number of aliphatic hydroxyl groups excluding tert-OH is 3. The van der Waals surface area contributed by atoms with Gasteiger partial charge in [0.1, 0.15) is 0 Å². The maximum atomic E-state index is 9.42. The largest absolute Gasteiger partial charge is 0.396 e. The number of likely N-dealkylation sites (tertiary alicyclic amines) is 1. The minimum absolute atomic E-state index is 0.108. The van der Waals surface area contributed by atoms with Crippen LogP contribution in [-0.2, 0) is 0 Å². The molecule has 1 aliphatic carbocycles. The second-order valence-corrected chi connectivity index (χ2v) is 4.17. The van der Waals surface area contributed by atoms with Crippen LogP contribution in [0.15, 0.2) is 0 Å². The zero-order chi connectivity index (χ0) is 9.42. The number of nitrogens with zero attached hydrogens (tertiary/aromatic N) is 1. The summed E-state index contributed by atoms with van der Waals surface area (Å²) in [6.07, 6.45) is 1.39. The summed E-state index contributed by atoms with van der Waals surface area (Å²) in [5.41, 5.74) is 0. The molecule has 4 unspecified atom stereocenters. The van der Waals surface area contributed by atoms with Crippen molar-refractivity contribution in [3.05, 3.63) is 0 Å². The third-order valence-electron chi connectivity index (χ3n) is 3.19. The second-order valence-electron chi connectivity index (χ2n) is 4.17. The Morgan fingerprint density at radius 3 is 2.46 bits per heavy atom. The van der Waals surface area contributed by atoms with Crippen molar-refractivity contribution in [2.75, 3.05) is 19.8 Å². The van der Waals surface area contributed by atoms with Gasteiger partial charge in [0.25, 0.3) is 0 Å².